The van der Waals surface area contributed by atoms with Gasteiger partial charge in [-0.2, -0.15) is 5.26 Å². The third-order valence-electron chi connectivity index (χ3n) is 4.88. The van der Waals surface area contributed by atoms with Gasteiger partial charge >= 0.3 is 0 Å². The van der Waals surface area contributed by atoms with E-state index < -0.39 is 0 Å². The molecule has 7 heteroatoms. The molecule has 0 atom stereocenters. The molecule has 7 nitrogen and oxygen atoms in total. The van der Waals surface area contributed by atoms with E-state index in [1.165, 1.54) is 0 Å². The van der Waals surface area contributed by atoms with Crippen LogP contribution in [0, 0.1) is 11.3 Å². The van der Waals surface area contributed by atoms with Crippen molar-refractivity contribution in [2.75, 3.05) is 36.0 Å². The van der Waals surface area contributed by atoms with Crippen molar-refractivity contribution >= 4 is 17.3 Å². The molecule has 0 unspecified atom stereocenters. The summed E-state index contributed by atoms with van der Waals surface area (Å²) in [7, 11) is 0. The molecule has 1 fully saturated rings. The molecule has 0 aliphatic carbocycles. The van der Waals surface area contributed by atoms with Gasteiger partial charge in [-0.1, -0.05) is 20.8 Å². The standard InChI is InChI=1S/C20H23N7/c1-20(2,3)16-14-27-18(23-16)6-7-19(24-27)26-10-8-25(9-11-26)17-5-4-15(12-21)13-22-17/h4-7,13-14H,8-11H2,1-3H3. The van der Waals surface area contributed by atoms with Crippen molar-refractivity contribution in [1.29, 1.82) is 5.26 Å². The molecule has 3 aromatic heterocycles. The molecule has 0 aromatic carbocycles. The molecule has 4 rings (SSSR count). The number of nitriles is 1. The van der Waals surface area contributed by atoms with E-state index in [1.807, 2.05) is 35.0 Å². The van der Waals surface area contributed by atoms with Gasteiger partial charge in [0.2, 0.25) is 0 Å². The third-order valence-corrected chi connectivity index (χ3v) is 4.88. The van der Waals surface area contributed by atoms with Crippen molar-refractivity contribution in [2.24, 2.45) is 0 Å². The lowest BCUT2D eigenvalue weighted by Gasteiger charge is -2.35. The van der Waals surface area contributed by atoms with Crippen molar-refractivity contribution in [3.05, 3.63) is 47.9 Å². The summed E-state index contributed by atoms with van der Waals surface area (Å²) in [6, 6.07) is 9.92. The van der Waals surface area contributed by atoms with Gasteiger partial charge in [-0.3, -0.25) is 0 Å². The number of fused-ring (bicyclic) bond motifs is 1. The Morgan fingerprint density at radius 3 is 2.22 bits per heavy atom. The maximum Gasteiger partial charge on any atom is 0.153 e. The highest BCUT2D eigenvalue weighted by atomic mass is 15.4. The predicted octanol–water partition coefficient (Wildman–Crippen LogP) is 2.62. The van der Waals surface area contributed by atoms with Gasteiger partial charge in [-0.25, -0.2) is 14.5 Å². The fourth-order valence-corrected chi connectivity index (χ4v) is 3.21. The Bertz CT molecular complexity index is 984. The topological polar surface area (TPSA) is 73.3 Å². The highest BCUT2D eigenvalue weighted by Gasteiger charge is 2.21. The highest BCUT2D eigenvalue weighted by molar-refractivity contribution is 5.49. The number of aromatic nitrogens is 4. The molecule has 138 valence electrons. The maximum atomic E-state index is 8.90. The quantitative estimate of drug-likeness (QED) is 0.699. The first-order valence-electron chi connectivity index (χ1n) is 9.17. The first-order chi connectivity index (χ1) is 12.9. The zero-order chi connectivity index (χ0) is 19.0. The van der Waals surface area contributed by atoms with E-state index in [0.717, 1.165) is 49.2 Å². The molecule has 0 radical (unpaired) electrons. The number of nitrogens with zero attached hydrogens (tertiary/aromatic N) is 7. The lowest BCUT2D eigenvalue weighted by molar-refractivity contribution is 0.572. The van der Waals surface area contributed by atoms with Crippen LogP contribution in [0.15, 0.2) is 36.7 Å². The zero-order valence-electron chi connectivity index (χ0n) is 15.9. The van der Waals surface area contributed by atoms with Crippen LogP contribution in [0.2, 0.25) is 0 Å². The summed E-state index contributed by atoms with van der Waals surface area (Å²) < 4.78 is 1.88. The molecule has 0 N–H and O–H groups in total. The SMILES string of the molecule is CC(C)(C)c1cn2nc(N3CCN(c4ccc(C#N)cn4)CC3)ccc2n1. The number of imidazole rings is 1. The number of rotatable bonds is 2. The largest absolute Gasteiger partial charge is 0.353 e. The normalized spacial score (nSPS) is 15.2. The van der Waals surface area contributed by atoms with Crippen LogP contribution in [0.5, 0.6) is 0 Å². The van der Waals surface area contributed by atoms with E-state index in [2.05, 4.69) is 46.6 Å². The number of piperazine rings is 1. The fourth-order valence-electron chi connectivity index (χ4n) is 3.21. The van der Waals surface area contributed by atoms with Crippen LogP contribution < -0.4 is 9.80 Å². The molecular weight excluding hydrogens is 338 g/mol. The van der Waals surface area contributed by atoms with Gasteiger partial charge in [0.25, 0.3) is 0 Å². The summed E-state index contributed by atoms with van der Waals surface area (Å²) in [4.78, 5) is 13.6. The summed E-state index contributed by atoms with van der Waals surface area (Å²) in [5.74, 6) is 1.88. The minimum absolute atomic E-state index is 0.00752. The summed E-state index contributed by atoms with van der Waals surface area (Å²) in [6.45, 7) is 9.97. The van der Waals surface area contributed by atoms with Crippen LogP contribution in [0.4, 0.5) is 11.6 Å². The van der Waals surface area contributed by atoms with Gasteiger partial charge < -0.3 is 9.80 Å². The van der Waals surface area contributed by atoms with E-state index in [4.69, 9.17) is 10.4 Å². The first kappa shape index (κ1) is 17.3. The molecule has 1 saturated heterocycles. The van der Waals surface area contributed by atoms with Crippen molar-refractivity contribution in [3.8, 4) is 6.07 Å². The Morgan fingerprint density at radius 2 is 1.63 bits per heavy atom. The van der Waals surface area contributed by atoms with Crippen LogP contribution in [0.25, 0.3) is 5.65 Å². The molecule has 1 aliphatic heterocycles. The van der Waals surface area contributed by atoms with E-state index in [0.29, 0.717) is 5.56 Å². The second-order valence-corrected chi connectivity index (χ2v) is 7.86. The maximum absolute atomic E-state index is 8.90. The number of anilines is 2. The van der Waals surface area contributed by atoms with Gasteiger partial charge in [0, 0.05) is 37.8 Å². The third kappa shape index (κ3) is 3.43. The Kier molecular flexibility index (Phi) is 4.19. The second kappa shape index (κ2) is 6.54. The average molecular weight is 361 g/mol. The van der Waals surface area contributed by atoms with E-state index >= 15 is 0 Å². The van der Waals surface area contributed by atoms with E-state index in [1.54, 1.807) is 6.20 Å². The summed E-state index contributed by atoms with van der Waals surface area (Å²) in [5.41, 5.74) is 2.52. The van der Waals surface area contributed by atoms with E-state index in [-0.39, 0.29) is 5.41 Å². The summed E-state index contributed by atoms with van der Waals surface area (Å²) >= 11 is 0. The molecular formula is C20H23N7. The van der Waals surface area contributed by atoms with Gasteiger partial charge in [0.1, 0.15) is 17.7 Å². The van der Waals surface area contributed by atoms with E-state index in [9.17, 15) is 0 Å². The molecule has 1 aliphatic rings. The van der Waals surface area contributed by atoms with Gasteiger partial charge in [0.05, 0.1) is 17.5 Å². The van der Waals surface area contributed by atoms with Gasteiger partial charge in [-0.15, -0.1) is 5.10 Å². The molecule has 0 amide bonds. The zero-order valence-corrected chi connectivity index (χ0v) is 15.9. The second-order valence-electron chi connectivity index (χ2n) is 7.86. The molecule has 0 spiro atoms. The number of hydrogen-bond donors (Lipinski definition) is 0. The first-order valence-corrected chi connectivity index (χ1v) is 9.17. The monoisotopic (exact) mass is 361 g/mol. The van der Waals surface area contributed by atoms with Crippen LogP contribution >= 0.6 is 0 Å². The molecule has 0 bridgehead atoms. The lowest BCUT2D eigenvalue weighted by atomic mass is 9.93. The highest BCUT2D eigenvalue weighted by Crippen LogP contribution is 2.23. The smallest absolute Gasteiger partial charge is 0.153 e. The Labute approximate surface area is 158 Å². The molecule has 27 heavy (non-hydrogen) atoms. The van der Waals surface area contributed by atoms with Gasteiger partial charge in [-0.05, 0) is 24.3 Å². The Balaban J connectivity index is 1.48. The number of hydrogen-bond acceptors (Lipinski definition) is 6. The predicted molar refractivity (Wildman–Crippen MR) is 105 cm³/mol. The average Bonchev–Trinajstić information content (AvgIpc) is 3.12. The Morgan fingerprint density at radius 1 is 0.963 bits per heavy atom. The molecule has 0 saturated carbocycles. The molecule has 3 aromatic rings. The van der Waals surface area contributed by atoms with Crippen molar-refractivity contribution < 1.29 is 0 Å². The molecule has 4 heterocycles. The number of pyridine rings is 1. The Hall–Kier alpha value is -3.14. The minimum atomic E-state index is 0.00752. The van der Waals surface area contributed by atoms with Crippen molar-refractivity contribution in [1.82, 2.24) is 19.6 Å². The lowest BCUT2D eigenvalue weighted by Crippen LogP contribution is -2.47. The van der Waals surface area contributed by atoms with Crippen molar-refractivity contribution in [2.45, 2.75) is 26.2 Å². The van der Waals surface area contributed by atoms with Crippen LogP contribution in [-0.2, 0) is 5.41 Å². The fraction of sp³-hybridized carbons (Fsp3) is 0.400. The van der Waals surface area contributed by atoms with Gasteiger partial charge in [0.15, 0.2) is 5.65 Å². The van der Waals surface area contributed by atoms with Crippen LogP contribution in [-0.4, -0.2) is 45.8 Å². The van der Waals surface area contributed by atoms with Crippen molar-refractivity contribution in [3.63, 3.8) is 0 Å². The van der Waals surface area contributed by atoms with Crippen LogP contribution in [0.3, 0.4) is 0 Å². The van der Waals surface area contributed by atoms with Crippen LogP contribution in [0.1, 0.15) is 32.0 Å². The summed E-state index contributed by atoms with van der Waals surface area (Å²) in [5, 5.41) is 13.7. The summed E-state index contributed by atoms with van der Waals surface area (Å²) in [6.07, 6.45) is 3.65. The minimum Gasteiger partial charge on any atom is -0.353 e.